The molecule has 15 heavy (non-hydrogen) atoms. The third kappa shape index (κ3) is 4.01. The molecule has 0 atom stereocenters. The van der Waals surface area contributed by atoms with E-state index in [0.29, 0.717) is 5.75 Å². The number of amides is 1. The molecule has 0 bridgehead atoms. The lowest BCUT2D eigenvalue weighted by molar-refractivity contribution is -0.123. The minimum atomic E-state index is -0.116. The number of rotatable bonds is 5. The maximum absolute atomic E-state index is 11.2. The average Bonchev–Trinajstić information content (AvgIpc) is 2.61. The third-order valence-corrected chi connectivity index (χ3v) is 1.75. The molecular weight excluding hydrogens is 194 g/mol. The number of aromatic nitrogens is 2. The highest BCUT2D eigenvalue weighted by Crippen LogP contribution is 2.07. The minimum Gasteiger partial charge on any atom is -0.480 e. The highest BCUT2D eigenvalue weighted by atomic mass is 16.5. The summed E-state index contributed by atoms with van der Waals surface area (Å²) in [5.74, 6) is 0.505. The van der Waals surface area contributed by atoms with Crippen LogP contribution in [0.2, 0.25) is 0 Å². The molecule has 1 heterocycles. The van der Waals surface area contributed by atoms with Crippen molar-refractivity contribution in [2.45, 2.75) is 33.4 Å². The van der Waals surface area contributed by atoms with E-state index in [4.69, 9.17) is 4.74 Å². The van der Waals surface area contributed by atoms with E-state index < -0.39 is 0 Å². The molecule has 5 nitrogen and oxygen atoms in total. The third-order valence-electron chi connectivity index (χ3n) is 1.75. The topological polar surface area (TPSA) is 56.1 Å². The Kier molecular flexibility index (Phi) is 4.15. The lowest BCUT2D eigenvalue weighted by Crippen LogP contribution is -2.34. The molecule has 0 radical (unpaired) electrons. The first-order valence-electron chi connectivity index (χ1n) is 5.06. The predicted octanol–water partition coefficient (Wildman–Crippen LogP) is 0.806. The fourth-order valence-electron chi connectivity index (χ4n) is 1.10. The van der Waals surface area contributed by atoms with Gasteiger partial charge in [0.2, 0.25) is 0 Å². The lowest BCUT2D eigenvalue weighted by atomic mass is 10.4. The number of ether oxygens (including phenoxy) is 1. The van der Waals surface area contributed by atoms with E-state index in [0.717, 1.165) is 6.54 Å². The predicted molar refractivity (Wildman–Crippen MR) is 56.7 cm³/mol. The molecular formula is C10H17N3O2. The standard InChI is InChI=1S/C10H17N3O2/c1-4-13-6-9(5-11-13)15-7-10(14)12-8(2)3/h5-6,8H,4,7H2,1-3H3,(H,12,14). The van der Waals surface area contributed by atoms with E-state index in [1.165, 1.54) is 0 Å². The van der Waals surface area contributed by atoms with Gasteiger partial charge < -0.3 is 10.1 Å². The van der Waals surface area contributed by atoms with E-state index in [1.807, 2.05) is 20.8 Å². The number of nitrogens with zero attached hydrogens (tertiary/aromatic N) is 2. The van der Waals surface area contributed by atoms with Crippen LogP contribution < -0.4 is 10.1 Å². The van der Waals surface area contributed by atoms with Crippen LogP contribution in [0, 0.1) is 0 Å². The molecule has 84 valence electrons. The van der Waals surface area contributed by atoms with Crippen molar-refractivity contribution in [3.63, 3.8) is 0 Å². The van der Waals surface area contributed by atoms with E-state index >= 15 is 0 Å². The number of carbonyl (C=O) groups excluding carboxylic acids is 1. The zero-order chi connectivity index (χ0) is 11.3. The van der Waals surface area contributed by atoms with Crippen LogP contribution in [-0.4, -0.2) is 28.3 Å². The second kappa shape index (κ2) is 5.38. The van der Waals surface area contributed by atoms with Crippen LogP contribution in [0.25, 0.3) is 0 Å². The van der Waals surface area contributed by atoms with E-state index in [1.54, 1.807) is 17.1 Å². The number of nitrogens with one attached hydrogen (secondary N) is 1. The van der Waals surface area contributed by atoms with E-state index in [2.05, 4.69) is 10.4 Å². The average molecular weight is 211 g/mol. The molecule has 1 N–H and O–H groups in total. The van der Waals surface area contributed by atoms with Crippen molar-refractivity contribution >= 4 is 5.91 Å². The Morgan fingerprint density at radius 2 is 2.40 bits per heavy atom. The van der Waals surface area contributed by atoms with Gasteiger partial charge in [0.05, 0.1) is 12.4 Å². The second-order valence-electron chi connectivity index (χ2n) is 3.54. The first kappa shape index (κ1) is 11.6. The molecule has 0 unspecified atom stereocenters. The number of aryl methyl sites for hydroxylation is 1. The summed E-state index contributed by atoms with van der Waals surface area (Å²) >= 11 is 0. The fourth-order valence-corrected chi connectivity index (χ4v) is 1.10. The van der Waals surface area contributed by atoms with Crippen molar-refractivity contribution in [2.75, 3.05) is 6.61 Å². The smallest absolute Gasteiger partial charge is 0.258 e. The number of hydrogen-bond acceptors (Lipinski definition) is 3. The second-order valence-corrected chi connectivity index (χ2v) is 3.54. The Bertz CT molecular complexity index is 320. The van der Waals surface area contributed by atoms with Gasteiger partial charge in [-0.3, -0.25) is 9.48 Å². The minimum absolute atomic E-state index is 0.0353. The summed E-state index contributed by atoms with van der Waals surface area (Å²) in [4.78, 5) is 11.2. The number of carbonyl (C=O) groups is 1. The van der Waals surface area contributed by atoms with Crippen LogP contribution in [0.15, 0.2) is 12.4 Å². The van der Waals surface area contributed by atoms with Crippen LogP contribution in [0.5, 0.6) is 5.75 Å². The molecule has 0 saturated carbocycles. The van der Waals surface area contributed by atoms with Gasteiger partial charge in [-0.2, -0.15) is 5.10 Å². The van der Waals surface area contributed by atoms with Crippen molar-refractivity contribution in [1.29, 1.82) is 0 Å². The van der Waals surface area contributed by atoms with Crippen molar-refractivity contribution in [3.05, 3.63) is 12.4 Å². The molecule has 0 aromatic carbocycles. The van der Waals surface area contributed by atoms with Crippen LogP contribution >= 0.6 is 0 Å². The molecule has 0 saturated heterocycles. The zero-order valence-corrected chi connectivity index (χ0v) is 9.36. The van der Waals surface area contributed by atoms with Crippen molar-refractivity contribution in [2.24, 2.45) is 0 Å². The number of hydrogen-bond donors (Lipinski definition) is 1. The molecule has 5 heteroatoms. The molecule has 1 aromatic heterocycles. The summed E-state index contributed by atoms with van der Waals surface area (Å²) < 4.78 is 7.00. The van der Waals surface area contributed by atoms with E-state index in [-0.39, 0.29) is 18.6 Å². The first-order valence-corrected chi connectivity index (χ1v) is 5.06. The molecule has 0 aliphatic carbocycles. The van der Waals surface area contributed by atoms with Gasteiger partial charge in [0.25, 0.3) is 5.91 Å². The summed E-state index contributed by atoms with van der Waals surface area (Å²) in [5.41, 5.74) is 0. The van der Waals surface area contributed by atoms with Crippen molar-refractivity contribution in [1.82, 2.24) is 15.1 Å². The molecule has 1 aromatic rings. The Balaban J connectivity index is 2.33. The van der Waals surface area contributed by atoms with Gasteiger partial charge >= 0.3 is 0 Å². The molecule has 1 rings (SSSR count). The zero-order valence-electron chi connectivity index (χ0n) is 9.36. The molecule has 0 fully saturated rings. The van der Waals surface area contributed by atoms with Crippen LogP contribution in [0.1, 0.15) is 20.8 Å². The fraction of sp³-hybridized carbons (Fsp3) is 0.600. The SMILES string of the molecule is CCn1cc(OCC(=O)NC(C)C)cn1. The van der Waals surface area contributed by atoms with E-state index in [9.17, 15) is 4.79 Å². The quantitative estimate of drug-likeness (QED) is 0.784. The normalized spacial score (nSPS) is 10.4. The summed E-state index contributed by atoms with van der Waals surface area (Å²) in [7, 11) is 0. The first-order chi connectivity index (χ1) is 7.11. The molecule has 0 aliphatic heterocycles. The lowest BCUT2D eigenvalue weighted by Gasteiger charge is -2.08. The summed E-state index contributed by atoms with van der Waals surface area (Å²) in [6, 6.07) is 0.138. The van der Waals surface area contributed by atoms with Gasteiger partial charge in [-0.15, -0.1) is 0 Å². The monoisotopic (exact) mass is 211 g/mol. The largest absolute Gasteiger partial charge is 0.480 e. The highest BCUT2D eigenvalue weighted by Gasteiger charge is 2.05. The maximum atomic E-state index is 11.2. The van der Waals surface area contributed by atoms with Gasteiger partial charge in [0, 0.05) is 12.6 Å². The van der Waals surface area contributed by atoms with Crippen molar-refractivity contribution < 1.29 is 9.53 Å². The molecule has 0 aliphatic rings. The molecule has 1 amide bonds. The summed E-state index contributed by atoms with van der Waals surface area (Å²) in [5, 5.41) is 6.78. The van der Waals surface area contributed by atoms with Gasteiger partial charge in [0.15, 0.2) is 12.4 Å². The van der Waals surface area contributed by atoms with Crippen molar-refractivity contribution in [3.8, 4) is 5.75 Å². The van der Waals surface area contributed by atoms with Gasteiger partial charge in [-0.25, -0.2) is 0 Å². The summed E-state index contributed by atoms with van der Waals surface area (Å²) in [6.07, 6.45) is 3.37. The van der Waals surface area contributed by atoms with Gasteiger partial charge in [-0.1, -0.05) is 0 Å². The molecule has 0 spiro atoms. The van der Waals surface area contributed by atoms with Crippen LogP contribution in [0.4, 0.5) is 0 Å². The maximum Gasteiger partial charge on any atom is 0.258 e. The highest BCUT2D eigenvalue weighted by molar-refractivity contribution is 5.77. The summed E-state index contributed by atoms with van der Waals surface area (Å²) in [6.45, 7) is 6.64. The van der Waals surface area contributed by atoms with Gasteiger partial charge in [0.1, 0.15) is 0 Å². The Hall–Kier alpha value is -1.52. The van der Waals surface area contributed by atoms with Crippen LogP contribution in [0.3, 0.4) is 0 Å². The van der Waals surface area contributed by atoms with Gasteiger partial charge in [-0.05, 0) is 20.8 Å². The Morgan fingerprint density at radius 1 is 1.67 bits per heavy atom. The Labute approximate surface area is 89.4 Å². The van der Waals surface area contributed by atoms with Crippen LogP contribution in [-0.2, 0) is 11.3 Å². The Morgan fingerprint density at radius 3 is 2.93 bits per heavy atom.